The first-order valence-corrected chi connectivity index (χ1v) is 4.46. The summed E-state index contributed by atoms with van der Waals surface area (Å²) in [5.41, 5.74) is 0.576. The van der Waals surface area contributed by atoms with Gasteiger partial charge in [-0.25, -0.2) is 4.98 Å². The SMILES string of the molecule is COCCCNc1ccc(C#N)cn1. The highest BCUT2D eigenvalue weighted by Gasteiger charge is 1.93. The summed E-state index contributed by atoms with van der Waals surface area (Å²) < 4.78 is 4.91. The van der Waals surface area contributed by atoms with Gasteiger partial charge in [-0.2, -0.15) is 5.26 Å². The highest BCUT2D eigenvalue weighted by Crippen LogP contribution is 2.03. The van der Waals surface area contributed by atoms with Crippen molar-refractivity contribution in [1.82, 2.24) is 4.98 Å². The summed E-state index contributed by atoms with van der Waals surface area (Å²) >= 11 is 0. The molecule has 1 rings (SSSR count). The molecule has 0 fully saturated rings. The van der Waals surface area contributed by atoms with Crippen LogP contribution < -0.4 is 5.32 Å². The van der Waals surface area contributed by atoms with Gasteiger partial charge in [0, 0.05) is 26.5 Å². The van der Waals surface area contributed by atoms with Crippen molar-refractivity contribution in [2.24, 2.45) is 0 Å². The summed E-state index contributed by atoms with van der Waals surface area (Å²) in [4.78, 5) is 4.07. The second-order valence-corrected chi connectivity index (χ2v) is 2.82. The van der Waals surface area contributed by atoms with Crippen LogP contribution in [0.3, 0.4) is 0 Å². The number of hydrogen-bond donors (Lipinski definition) is 1. The Hall–Kier alpha value is -1.60. The molecule has 0 unspecified atom stereocenters. The molecule has 1 aromatic rings. The molecule has 0 aliphatic heterocycles. The van der Waals surface area contributed by atoms with Crippen LogP contribution in [0, 0.1) is 11.3 Å². The lowest BCUT2D eigenvalue weighted by Gasteiger charge is -2.04. The van der Waals surface area contributed by atoms with Gasteiger partial charge in [0.25, 0.3) is 0 Å². The normalized spacial score (nSPS) is 9.43. The Balaban J connectivity index is 2.33. The molecule has 0 aliphatic rings. The molecule has 14 heavy (non-hydrogen) atoms. The van der Waals surface area contributed by atoms with Gasteiger partial charge in [0.15, 0.2) is 0 Å². The van der Waals surface area contributed by atoms with E-state index in [-0.39, 0.29) is 0 Å². The molecule has 1 aromatic heterocycles. The summed E-state index contributed by atoms with van der Waals surface area (Å²) in [6.45, 7) is 1.57. The van der Waals surface area contributed by atoms with Crippen molar-refractivity contribution in [1.29, 1.82) is 5.26 Å². The Morgan fingerprint density at radius 3 is 3.00 bits per heavy atom. The predicted molar refractivity (Wildman–Crippen MR) is 53.9 cm³/mol. The Labute approximate surface area is 83.5 Å². The Morgan fingerprint density at radius 2 is 2.43 bits per heavy atom. The van der Waals surface area contributed by atoms with Crippen LogP contribution >= 0.6 is 0 Å². The minimum Gasteiger partial charge on any atom is -0.385 e. The molecular weight excluding hydrogens is 178 g/mol. The van der Waals surface area contributed by atoms with E-state index in [0.717, 1.165) is 25.4 Å². The smallest absolute Gasteiger partial charge is 0.125 e. The number of methoxy groups -OCH3 is 1. The third-order valence-corrected chi connectivity index (χ3v) is 1.72. The summed E-state index contributed by atoms with van der Waals surface area (Å²) in [6, 6.07) is 5.56. The molecule has 1 N–H and O–H groups in total. The fourth-order valence-electron chi connectivity index (χ4n) is 0.998. The van der Waals surface area contributed by atoms with Gasteiger partial charge in [-0.1, -0.05) is 0 Å². The van der Waals surface area contributed by atoms with Crippen molar-refractivity contribution in [2.75, 3.05) is 25.6 Å². The van der Waals surface area contributed by atoms with Crippen LogP contribution in [-0.2, 0) is 4.74 Å². The van der Waals surface area contributed by atoms with Crippen LogP contribution in [0.2, 0.25) is 0 Å². The van der Waals surface area contributed by atoms with Crippen LogP contribution in [-0.4, -0.2) is 25.2 Å². The lowest BCUT2D eigenvalue weighted by molar-refractivity contribution is 0.198. The molecule has 0 spiro atoms. The molecule has 0 aromatic carbocycles. The molecule has 0 atom stereocenters. The number of hydrogen-bond acceptors (Lipinski definition) is 4. The first-order valence-electron chi connectivity index (χ1n) is 4.46. The Bertz CT molecular complexity index is 302. The van der Waals surface area contributed by atoms with Crippen LogP contribution in [0.4, 0.5) is 5.82 Å². The first kappa shape index (κ1) is 10.5. The number of rotatable bonds is 5. The maximum atomic E-state index is 8.55. The van der Waals surface area contributed by atoms with Gasteiger partial charge in [0.2, 0.25) is 0 Å². The lowest BCUT2D eigenvalue weighted by atomic mass is 10.3. The Morgan fingerprint density at radius 1 is 1.57 bits per heavy atom. The van der Waals surface area contributed by atoms with Gasteiger partial charge >= 0.3 is 0 Å². The first-order chi connectivity index (χ1) is 6.86. The highest BCUT2D eigenvalue weighted by molar-refractivity contribution is 5.38. The maximum Gasteiger partial charge on any atom is 0.125 e. The number of aromatic nitrogens is 1. The number of pyridine rings is 1. The average Bonchev–Trinajstić information content (AvgIpc) is 2.25. The zero-order chi connectivity index (χ0) is 10.2. The van der Waals surface area contributed by atoms with Gasteiger partial charge in [0.05, 0.1) is 5.56 Å². The molecule has 0 saturated carbocycles. The monoisotopic (exact) mass is 191 g/mol. The van der Waals surface area contributed by atoms with Gasteiger partial charge < -0.3 is 10.1 Å². The largest absolute Gasteiger partial charge is 0.385 e. The summed E-state index contributed by atoms with van der Waals surface area (Å²) in [6.07, 6.45) is 2.50. The maximum absolute atomic E-state index is 8.55. The third kappa shape index (κ3) is 3.42. The molecule has 0 saturated heterocycles. The van der Waals surface area contributed by atoms with Crippen molar-refractivity contribution in [3.05, 3.63) is 23.9 Å². The van der Waals surface area contributed by atoms with E-state index < -0.39 is 0 Å². The van der Waals surface area contributed by atoms with Gasteiger partial charge in [-0.05, 0) is 18.6 Å². The molecule has 4 heteroatoms. The summed E-state index contributed by atoms with van der Waals surface area (Å²) in [5, 5.41) is 11.7. The fraction of sp³-hybridized carbons (Fsp3) is 0.400. The highest BCUT2D eigenvalue weighted by atomic mass is 16.5. The number of nitrogens with zero attached hydrogens (tertiary/aromatic N) is 2. The van der Waals surface area contributed by atoms with Crippen molar-refractivity contribution in [3.63, 3.8) is 0 Å². The minimum atomic E-state index is 0.576. The number of nitriles is 1. The molecule has 1 heterocycles. The fourth-order valence-corrected chi connectivity index (χ4v) is 0.998. The number of nitrogens with one attached hydrogen (secondary N) is 1. The van der Waals surface area contributed by atoms with Crippen LogP contribution in [0.5, 0.6) is 0 Å². The van der Waals surface area contributed by atoms with E-state index in [4.69, 9.17) is 10.00 Å². The molecule has 74 valence electrons. The van der Waals surface area contributed by atoms with Gasteiger partial charge in [0.1, 0.15) is 11.9 Å². The molecule has 0 aliphatic carbocycles. The van der Waals surface area contributed by atoms with Gasteiger partial charge in [-0.15, -0.1) is 0 Å². The summed E-state index contributed by atoms with van der Waals surface area (Å²) in [5.74, 6) is 0.792. The quantitative estimate of drug-likeness (QED) is 0.715. The molecule has 0 bridgehead atoms. The van der Waals surface area contributed by atoms with E-state index in [0.29, 0.717) is 5.56 Å². The lowest BCUT2D eigenvalue weighted by Crippen LogP contribution is -2.05. The van der Waals surface area contributed by atoms with Crippen molar-refractivity contribution in [3.8, 4) is 6.07 Å². The van der Waals surface area contributed by atoms with E-state index in [9.17, 15) is 0 Å². The summed E-state index contributed by atoms with van der Waals surface area (Å²) in [7, 11) is 1.68. The minimum absolute atomic E-state index is 0.576. The third-order valence-electron chi connectivity index (χ3n) is 1.72. The number of ether oxygens (including phenoxy) is 1. The standard InChI is InChI=1S/C10H13N3O/c1-14-6-2-5-12-10-4-3-9(7-11)8-13-10/h3-4,8H,2,5-6H2,1H3,(H,12,13). The van der Waals surface area contributed by atoms with Crippen molar-refractivity contribution in [2.45, 2.75) is 6.42 Å². The predicted octanol–water partition coefficient (Wildman–Crippen LogP) is 1.40. The van der Waals surface area contributed by atoms with Crippen LogP contribution in [0.15, 0.2) is 18.3 Å². The second-order valence-electron chi connectivity index (χ2n) is 2.82. The number of anilines is 1. The van der Waals surface area contributed by atoms with Crippen LogP contribution in [0.25, 0.3) is 0 Å². The molecule has 0 radical (unpaired) electrons. The molecule has 4 nitrogen and oxygen atoms in total. The molecular formula is C10H13N3O. The molecule has 0 amide bonds. The van der Waals surface area contributed by atoms with Crippen LogP contribution in [0.1, 0.15) is 12.0 Å². The van der Waals surface area contributed by atoms with E-state index in [1.54, 1.807) is 25.4 Å². The van der Waals surface area contributed by atoms with E-state index in [1.165, 1.54) is 0 Å². The second kappa shape index (κ2) is 5.95. The zero-order valence-corrected chi connectivity index (χ0v) is 8.16. The van der Waals surface area contributed by atoms with Crippen molar-refractivity contribution >= 4 is 5.82 Å². The van der Waals surface area contributed by atoms with Gasteiger partial charge in [-0.3, -0.25) is 0 Å². The topological polar surface area (TPSA) is 57.9 Å². The average molecular weight is 191 g/mol. The van der Waals surface area contributed by atoms with Crippen molar-refractivity contribution < 1.29 is 4.74 Å². The van der Waals surface area contributed by atoms with E-state index in [2.05, 4.69) is 10.3 Å². The Kier molecular flexibility index (Phi) is 4.45. The zero-order valence-electron chi connectivity index (χ0n) is 8.16. The van der Waals surface area contributed by atoms with E-state index >= 15 is 0 Å². The van der Waals surface area contributed by atoms with E-state index in [1.807, 2.05) is 6.07 Å².